The lowest BCUT2D eigenvalue weighted by molar-refractivity contribution is -0.123. The minimum atomic E-state index is -0.411. The van der Waals surface area contributed by atoms with Crippen molar-refractivity contribution in [2.45, 2.75) is 64.1 Å². The SMILES string of the molecule is CC1CCCCC1NC(=O)CN(Cc1ccc(C(N)=O)cc1)C1CC1. The van der Waals surface area contributed by atoms with E-state index in [1.807, 2.05) is 12.1 Å². The van der Waals surface area contributed by atoms with E-state index in [4.69, 9.17) is 5.73 Å². The molecule has 0 aromatic heterocycles. The summed E-state index contributed by atoms with van der Waals surface area (Å²) in [5.74, 6) is 0.305. The van der Waals surface area contributed by atoms with Crippen LogP contribution in [0.1, 0.15) is 61.4 Å². The summed E-state index contributed by atoms with van der Waals surface area (Å²) in [6.45, 7) is 3.42. The Morgan fingerprint density at radius 1 is 1.12 bits per heavy atom. The van der Waals surface area contributed by atoms with Crippen molar-refractivity contribution in [3.63, 3.8) is 0 Å². The second kappa shape index (κ2) is 8.00. The monoisotopic (exact) mass is 343 g/mol. The number of rotatable bonds is 7. The second-order valence-electron chi connectivity index (χ2n) is 7.63. The maximum atomic E-state index is 12.5. The summed E-state index contributed by atoms with van der Waals surface area (Å²) in [5, 5.41) is 3.25. The molecule has 5 heteroatoms. The molecule has 0 saturated heterocycles. The van der Waals surface area contributed by atoms with Crippen molar-refractivity contribution < 1.29 is 9.59 Å². The van der Waals surface area contributed by atoms with Gasteiger partial charge in [0.1, 0.15) is 0 Å². The van der Waals surface area contributed by atoms with Crippen LogP contribution in [0.4, 0.5) is 0 Å². The van der Waals surface area contributed by atoms with Crippen LogP contribution in [0, 0.1) is 5.92 Å². The zero-order valence-electron chi connectivity index (χ0n) is 15.0. The smallest absolute Gasteiger partial charge is 0.248 e. The van der Waals surface area contributed by atoms with Gasteiger partial charge in [-0.15, -0.1) is 0 Å². The molecule has 1 aromatic rings. The van der Waals surface area contributed by atoms with Gasteiger partial charge in [0, 0.05) is 24.2 Å². The third-order valence-electron chi connectivity index (χ3n) is 5.49. The highest BCUT2D eigenvalue weighted by molar-refractivity contribution is 5.92. The largest absolute Gasteiger partial charge is 0.366 e. The zero-order valence-corrected chi connectivity index (χ0v) is 15.0. The van der Waals surface area contributed by atoms with E-state index in [9.17, 15) is 9.59 Å². The first-order chi connectivity index (χ1) is 12.0. The Balaban J connectivity index is 1.55. The Morgan fingerprint density at radius 2 is 1.80 bits per heavy atom. The lowest BCUT2D eigenvalue weighted by Crippen LogP contribution is -2.46. The molecule has 1 aromatic carbocycles. The number of carbonyl (C=O) groups is 2. The summed E-state index contributed by atoms with van der Waals surface area (Å²) in [4.78, 5) is 25.9. The summed E-state index contributed by atoms with van der Waals surface area (Å²) >= 11 is 0. The molecule has 2 aliphatic carbocycles. The number of hydrogen-bond donors (Lipinski definition) is 2. The first-order valence-electron chi connectivity index (χ1n) is 9.45. The maximum Gasteiger partial charge on any atom is 0.248 e. The number of amides is 2. The molecule has 5 nitrogen and oxygen atoms in total. The number of benzene rings is 1. The van der Waals surface area contributed by atoms with Gasteiger partial charge in [-0.05, 0) is 49.3 Å². The number of primary amides is 1. The third-order valence-corrected chi connectivity index (χ3v) is 5.49. The fourth-order valence-electron chi connectivity index (χ4n) is 3.73. The molecule has 2 unspecified atom stereocenters. The lowest BCUT2D eigenvalue weighted by Gasteiger charge is -2.30. The van der Waals surface area contributed by atoms with E-state index < -0.39 is 5.91 Å². The molecule has 2 saturated carbocycles. The maximum absolute atomic E-state index is 12.5. The molecule has 0 spiro atoms. The van der Waals surface area contributed by atoms with Gasteiger partial charge < -0.3 is 11.1 Å². The zero-order chi connectivity index (χ0) is 17.8. The van der Waals surface area contributed by atoms with Crippen molar-refractivity contribution in [3.8, 4) is 0 Å². The van der Waals surface area contributed by atoms with E-state index >= 15 is 0 Å². The van der Waals surface area contributed by atoms with E-state index in [2.05, 4.69) is 17.1 Å². The highest BCUT2D eigenvalue weighted by atomic mass is 16.2. The van der Waals surface area contributed by atoms with Gasteiger partial charge in [-0.2, -0.15) is 0 Å². The van der Waals surface area contributed by atoms with Crippen molar-refractivity contribution in [2.24, 2.45) is 11.7 Å². The minimum absolute atomic E-state index is 0.138. The number of nitrogens with two attached hydrogens (primary N) is 1. The van der Waals surface area contributed by atoms with Crippen LogP contribution in [0.15, 0.2) is 24.3 Å². The number of hydrogen-bond acceptors (Lipinski definition) is 3. The molecule has 3 N–H and O–H groups in total. The summed E-state index contributed by atoms with van der Waals surface area (Å²) in [7, 11) is 0. The molecule has 0 bridgehead atoms. The summed E-state index contributed by atoms with van der Waals surface area (Å²) in [6.07, 6.45) is 7.13. The van der Waals surface area contributed by atoms with Crippen LogP contribution in [0.3, 0.4) is 0 Å². The van der Waals surface area contributed by atoms with Gasteiger partial charge in [0.05, 0.1) is 6.54 Å². The Hall–Kier alpha value is -1.88. The summed E-state index contributed by atoms with van der Waals surface area (Å²) in [6, 6.07) is 8.20. The lowest BCUT2D eigenvalue weighted by atomic mass is 9.86. The number of nitrogens with zero attached hydrogens (tertiary/aromatic N) is 1. The van der Waals surface area contributed by atoms with Gasteiger partial charge >= 0.3 is 0 Å². The van der Waals surface area contributed by atoms with Crippen LogP contribution in [-0.2, 0) is 11.3 Å². The molecule has 3 rings (SSSR count). The second-order valence-corrected chi connectivity index (χ2v) is 7.63. The average Bonchev–Trinajstić information content (AvgIpc) is 3.42. The molecular weight excluding hydrogens is 314 g/mol. The Kier molecular flexibility index (Phi) is 5.74. The van der Waals surface area contributed by atoms with Crippen molar-refractivity contribution in [1.29, 1.82) is 0 Å². The van der Waals surface area contributed by atoms with Crippen molar-refractivity contribution in [3.05, 3.63) is 35.4 Å². The molecule has 0 aliphatic heterocycles. The van der Waals surface area contributed by atoms with Gasteiger partial charge in [0.25, 0.3) is 0 Å². The molecule has 0 radical (unpaired) electrons. The van der Waals surface area contributed by atoms with Gasteiger partial charge in [-0.3, -0.25) is 14.5 Å². The van der Waals surface area contributed by atoms with Crippen LogP contribution in [0.2, 0.25) is 0 Å². The molecule has 2 amide bonds. The third kappa shape index (κ3) is 5.05. The first kappa shape index (κ1) is 17.9. The van der Waals surface area contributed by atoms with Crippen molar-refractivity contribution in [1.82, 2.24) is 10.2 Å². The Morgan fingerprint density at radius 3 is 2.40 bits per heavy atom. The topological polar surface area (TPSA) is 75.4 Å². The Bertz CT molecular complexity index is 610. The quantitative estimate of drug-likeness (QED) is 0.798. The molecule has 25 heavy (non-hydrogen) atoms. The first-order valence-corrected chi connectivity index (χ1v) is 9.45. The standard InChI is InChI=1S/C20H29N3O2/c1-14-4-2-3-5-18(14)22-19(24)13-23(17-10-11-17)12-15-6-8-16(9-7-15)20(21)25/h6-9,14,17-18H,2-5,10-13H2,1H3,(H2,21,25)(H,22,24). The van der Waals surface area contributed by atoms with E-state index in [0.717, 1.165) is 31.4 Å². The molecular formula is C20H29N3O2. The van der Waals surface area contributed by atoms with Crippen molar-refractivity contribution >= 4 is 11.8 Å². The van der Waals surface area contributed by atoms with E-state index in [0.29, 0.717) is 30.1 Å². The Labute approximate surface area is 150 Å². The van der Waals surface area contributed by atoms with Gasteiger partial charge in [-0.25, -0.2) is 0 Å². The van der Waals surface area contributed by atoms with Crippen LogP contribution in [0.5, 0.6) is 0 Å². The van der Waals surface area contributed by atoms with Crippen LogP contribution < -0.4 is 11.1 Å². The number of nitrogens with one attached hydrogen (secondary N) is 1. The predicted octanol–water partition coefficient (Wildman–Crippen LogP) is 2.44. The highest BCUT2D eigenvalue weighted by Crippen LogP contribution is 2.28. The normalized spacial score (nSPS) is 23.4. The summed E-state index contributed by atoms with van der Waals surface area (Å²) < 4.78 is 0. The van der Waals surface area contributed by atoms with Gasteiger partial charge in [0.15, 0.2) is 0 Å². The molecule has 2 atom stereocenters. The molecule has 2 fully saturated rings. The molecule has 0 heterocycles. The highest BCUT2D eigenvalue weighted by Gasteiger charge is 2.31. The van der Waals surface area contributed by atoms with Gasteiger partial charge in [-0.1, -0.05) is 31.9 Å². The van der Waals surface area contributed by atoms with E-state index in [-0.39, 0.29) is 5.91 Å². The minimum Gasteiger partial charge on any atom is -0.366 e. The van der Waals surface area contributed by atoms with Crippen LogP contribution in [0.25, 0.3) is 0 Å². The summed E-state index contributed by atoms with van der Waals surface area (Å²) in [5.41, 5.74) is 6.91. The fourth-order valence-corrected chi connectivity index (χ4v) is 3.73. The van der Waals surface area contributed by atoms with E-state index in [1.54, 1.807) is 12.1 Å². The van der Waals surface area contributed by atoms with E-state index in [1.165, 1.54) is 19.3 Å². The van der Waals surface area contributed by atoms with Crippen LogP contribution >= 0.6 is 0 Å². The number of carbonyl (C=O) groups excluding carboxylic acids is 2. The molecule has 2 aliphatic rings. The predicted molar refractivity (Wildman–Crippen MR) is 98.0 cm³/mol. The van der Waals surface area contributed by atoms with Crippen molar-refractivity contribution in [2.75, 3.05) is 6.54 Å². The van der Waals surface area contributed by atoms with Gasteiger partial charge in [0.2, 0.25) is 11.8 Å². The fraction of sp³-hybridized carbons (Fsp3) is 0.600. The molecule has 136 valence electrons. The van der Waals surface area contributed by atoms with Crippen LogP contribution in [-0.4, -0.2) is 35.3 Å². The average molecular weight is 343 g/mol.